The fraction of sp³-hybridized carbons (Fsp3) is 0.158. The summed E-state index contributed by atoms with van der Waals surface area (Å²) >= 11 is 0. The summed E-state index contributed by atoms with van der Waals surface area (Å²) in [5.74, 6) is -0.699. The molecule has 0 unspecified atom stereocenters. The Morgan fingerprint density at radius 1 is 1.08 bits per heavy atom. The maximum Gasteiger partial charge on any atom is 0.416 e. The molecular formula is C19H15F3N2O. The SMILES string of the molecule is N#C/C(=C\c1ccccc1C(F)(F)F)C(=O)NCCc1ccccc1. The number of benzene rings is 2. The first-order valence-corrected chi connectivity index (χ1v) is 7.52. The lowest BCUT2D eigenvalue weighted by Gasteiger charge is -2.10. The molecule has 2 rings (SSSR count). The molecular weight excluding hydrogens is 329 g/mol. The number of carbonyl (C=O) groups excluding carboxylic acids is 1. The summed E-state index contributed by atoms with van der Waals surface area (Å²) in [6.45, 7) is 0.281. The second-order valence-electron chi connectivity index (χ2n) is 5.25. The monoisotopic (exact) mass is 344 g/mol. The Balaban J connectivity index is 2.10. The van der Waals surface area contributed by atoms with Gasteiger partial charge in [-0.05, 0) is 29.7 Å². The van der Waals surface area contributed by atoms with E-state index in [1.54, 1.807) is 6.07 Å². The van der Waals surface area contributed by atoms with Crippen molar-refractivity contribution in [2.75, 3.05) is 6.54 Å². The number of nitrogens with one attached hydrogen (secondary N) is 1. The Morgan fingerprint density at radius 2 is 1.72 bits per heavy atom. The standard InChI is InChI=1S/C19H15F3N2O/c20-19(21,22)17-9-5-4-8-15(17)12-16(13-23)18(25)24-11-10-14-6-2-1-3-7-14/h1-9,12H,10-11H2,(H,24,25)/b16-12+. The number of nitrogens with zero attached hydrogens (tertiary/aromatic N) is 1. The highest BCUT2D eigenvalue weighted by Gasteiger charge is 2.32. The van der Waals surface area contributed by atoms with E-state index in [1.165, 1.54) is 18.2 Å². The quantitative estimate of drug-likeness (QED) is 0.659. The third-order valence-corrected chi connectivity index (χ3v) is 3.47. The van der Waals surface area contributed by atoms with Crippen molar-refractivity contribution in [2.45, 2.75) is 12.6 Å². The van der Waals surface area contributed by atoms with Crippen molar-refractivity contribution in [1.82, 2.24) is 5.32 Å². The van der Waals surface area contributed by atoms with Crippen LogP contribution in [0.4, 0.5) is 13.2 Å². The molecule has 2 aromatic rings. The van der Waals surface area contributed by atoms with Crippen molar-refractivity contribution >= 4 is 12.0 Å². The summed E-state index contributed by atoms with van der Waals surface area (Å²) < 4.78 is 38.9. The highest BCUT2D eigenvalue weighted by molar-refractivity contribution is 6.01. The Labute approximate surface area is 143 Å². The molecule has 0 aliphatic heterocycles. The highest BCUT2D eigenvalue weighted by atomic mass is 19.4. The fourth-order valence-corrected chi connectivity index (χ4v) is 2.25. The van der Waals surface area contributed by atoms with E-state index in [1.807, 2.05) is 30.3 Å². The summed E-state index contributed by atoms with van der Waals surface area (Å²) in [7, 11) is 0. The molecule has 0 atom stereocenters. The Hall–Kier alpha value is -3.07. The lowest BCUT2D eigenvalue weighted by atomic mass is 10.0. The number of hydrogen-bond acceptors (Lipinski definition) is 2. The molecule has 3 nitrogen and oxygen atoms in total. The molecule has 1 N–H and O–H groups in total. The summed E-state index contributed by atoms with van der Waals surface area (Å²) in [5, 5.41) is 11.7. The molecule has 0 radical (unpaired) electrons. The number of nitriles is 1. The summed E-state index contributed by atoms with van der Waals surface area (Å²) in [6.07, 6.45) is -3.04. The molecule has 0 aliphatic carbocycles. The minimum atomic E-state index is -4.56. The Morgan fingerprint density at radius 3 is 2.36 bits per heavy atom. The molecule has 25 heavy (non-hydrogen) atoms. The first-order valence-electron chi connectivity index (χ1n) is 7.52. The minimum Gasteiger partial charge on any atom is -0.351 e. The third kappa shape index (κ3) is 5.21. The van der Waals surface area contributed by atoms with Gasteiger partial charge < -0.3 is 5.32 Å². The van der Waals surface area contributed by atoms with Gasteiger partial charge in [0.2, 0.25) is 0 Å². The number of amides is 1. The minimum absolute atomic E-state index is 0.218. The lowest BCUT2D eigenvalue weighted by molar-refractivity contribution is -0.137. The van der Waals surface area contributed by atoms with E-state index >= 15 is 0 Å². The van der Waals surface area contributed by atoms with Crippen LogP contribution < -0.4 is 5.32 Å². The zero-order valence-electron chi connectivity index (χ0n) is 13.2. The van der Waals surface area contributed by atoms with Gasteiger partial charge in [0, 0.05) is 6.54 Å². The molecule has 6 heteroatoms. The van der Waals surface area contributed by atoms with E-state index in [2.05, 4.69) is 5.32 Å². The first-order chi connectivity index (χ1) is 11.9. The topological polar surface area (TPSA) is 52.9 Å². The molecule has 0 aromatic heterocycles. The van der Waals surface area contributed by atoms with Crippen LogP contribution in [-0.4, -0.2) is 12.5 Å². The average molecular weight is 344 g/mol. The van der Waals surface area contributed by atoms with Crippen LogP contribution in [0.2, 0.25) is 0 Å². The van der Waals surface area contributed by atoms with Crippen molar-refractivity contribution in [3.05, 3.63) is 76.9 Å². The molecule has 0 saturated heterocycles. The van der Waals surface area contributed by atoms with E-state index in [4.69, 9.17) is 5.26 Å². The molecule has 0 bridgehead atoms. The van der Waals surface area contributed by atoms with Crippen LogP contribution in [0.25, 0.3) is 6.08 Å². The van der Waals surface area contributed by atoms with Gasteiger partial charge in [-0.3, -0.25) is 4.79 Å². The Kier molecular flexibility index (Phi) is 5.96. The van der Waals surface area contributed by atoms with Crippen LogP contribution in [0.3, 0.4) is 0 Å². The fourth-order valence-electron chi connectivity index (χ4n) is 2.25. The molecule has 0 fully saturated rings. The van der Waals surface area contributed by atoms with Crippen molar-refractivity contribution in [1.29, 1.82) is 5.26 Å². The van der Waals surface area contributed by atoms with E-state index in [0.717, 1.165) is 17.7 Å². The maximum absolute atomic E-state index is 13.0. The number of alkyl halides is 3. The maximum atomic E-state index is 13.0. The molecule has 0 spiro atoms. The van der Waals surface area contributed by atoms with Gasteiger partial charge in [0.25, 0.3) is 5.91 Å². The van der Waals surface area contributed by atoms with E-state index < -0.39 is 17.6 Å². The number of hydrogen-bond donors (Lipinski definition) is 1. The van der Waals surface area contributed by atoms with Crippen LogP contribution in [-0.2, 0) is 17.4 Å². The second-order valence-corrected chi connectivity index (χ2v) is 5.25. The molecule has 128 valence electrons. The third-order valence-electron chi connectivity index (χ3n) is 3.47. The number of rotatable bonds is 5. The zero-order valence-corrected chi connectivity index (χ0v) is 13.2. The summed E-state index contributed by atoms with van der Waals surface area (Å²) in [5.41, 5.74) is -0.470. The van der Waals surface area contributed by atoms with Crippen molar-refractivity contribution in [3.8, 4) is 6.07 Å². The van der Waals surface area contributed by atoms with Gasteiger partial charge >= 0.3 is 6.18 Å². The average Bonchev–Trinajstić information content (AvgIpc) is 2.60. The number of carbonyl (C=O) groups is 1. The molecule has 2 aromatic carbocycles. The first kappa shape index (κ1) is 18.3. The van der Waals surface area contributed by atoms with Gasteiger partial charge in [-0.25, -0.2) is 0 Å². The van der Waals surface area contributed by atoms with Crippen LogP contribution >= 0.6 is 0 Å². The van der Waals surface area contributed by atoms with Gasteiger partial charge in [0.05, 0.1) is 5.56 Å². The molecule has 0 saturated carbocycles. The van der Waals surface area contributed by atoms with Crippen LogP contribution in [0.1, 0.15) is 16.7 Å². The van der Waals surface area contributed by atoms with E-state index in [0.29, 0.717) is 6.42 Å². The van der Waals surface area contributed by atoms with E-state index in [9.17, 15) is 18.0 Å². The van der Waals surface area contributed by atoms with Gasteiger partial charge in [0.15, 0.2) is 0 Å². The molecule has 0 heterocycles. The van der Waals surface area contributed by atoms with Gasteiger partial charge in [-0.15, -0.1) is 0 Å². The van der Waals surface area contributed by atoms with Crippen molar-refractivity contribution in [2.24, 2.45) is 0 Å². The largest absolute Gasteiger partial charge is 0.416 e. The van der Waals surface area contributed by atoms with Gasteiger partial charge in [-0.2, -0.15) is 18.4 Å². The number of halogens is 3. The van der Waals surface area contributed by atoms with Crippen LogP contribution in [0.5, 0.6) is 0 Å². The van der Waals surface area contributed by atoms with Gasteiger partial charge in [-0.1, -0.05) is 48.5 Å². The highest BCUT2D eigenvalue weighted by Crippen LogP contribution is 2.32. The predicted molar refractivity (Wildman–Crippen MR) is 88.2 cm³/mol. The normalized spacial score (nSPS) is 11.7. The van der Waals surface area contributed by atoms with Crippen molar-refractivity contribution in [3.63, 3.8) is 0 Å². The predicted octanol–water partition coefficient (Wildman–Crippen LogP) is 3.97. The van der Waals surface area contributed by atoms with Crippen LogP contribution in [0, 0.1) is 11.3 Å². The van der Waals surface area contributed by atoms with Crippen LogP contribution in [0.15, 0.2) is 60.2 Å². The lowest BCUT2D eigenvalue weighted by Crippen LogP contribution is -2.26. The molecule has 0 aliphatic rings. The zero-order chi connectivity index (χ0) is 18.3. The summed E-state index contributed by atoms with van der Waals surface area (Å²) in [4.78, 5) is 12.0. The van der Waals surface area contributed by atoms with Crippen molar-refractivity contribution < 1.29 is 18.0 Å². The second kappa shape index (κ2) is 8.15. The van der Waals surface area contributed by atoms with E-state index in [-0.39, 0.29) is 17.7 Å². The summed E-state index contributed by atoms with van der Waals surface area (Å²) in [6, 6.07) is 15.9. The smallest absolute Gasteiger partial charge is 0.351 e. The Bertz CT molecular complexity index is 805. The van der Waals surface area contributed by atoms with Gasteiger partial charge in [0.1, 0.15) is 11.6 Å². The molecule has 1 amide bonds.